The molecule has 2 aromatic rings. The lowest BCUT2D eigenvalue weighted by molar-refractivity contribution is -0.139. The Morgan fingerprint density at radius 3 is 2.45 bits per heavy atom. The lowest BCUT2D eigenvalue weighted by Crippen LogP contribution is -2.54. The van der Waals surface area contributed by atoms with Crippen LogP contribution in [0.25, 0.3) is 6.08 Å². The molecule has 3 rings (SSSR count). The van der Waals surface area contributed by atoms with E-state index in [0.29, 0.717) is 11.3 Å². The molecule has 4 amide bonds. The molecule has 2 N–H and O–H groups in total. The normalized spacial score (nSPS) is 14.8. The quantitative estimate of drug-likeness (QED) is 0.441. The van der Waals surface area contributed by atoms with Crippen molar-refractivity contribution < 1.29 is 38.5 Å². The number of ether oxygens (including phenoxy) is 3. The summed E-state index contributed by atoms with van der Waals surface area (Å²) in [5.74, 6) is -2.25. The van der Waals surface area contributed by atoms with Gasteiger partial charge in [-0.15, -0.1) is 0 Å². The molecule has 0 atom stereocenters. The van der Waals surface area contributed by atoms with Crippen LogP contribution in [0.4, 0.5) is 10.5 Å². The second-order valence-corrected chi connectivity index (χ2v) is 7.01. The average Bonchev–Trinajstić information content (AvgIpc) is 2.76. The fraction of sp³-hybridized carbons (Fsp3) is 0.182. The first-order valence-corrected chi connectivity index (χ1v) is 9.99. The van der Waals surface area contributed by atoms with Crippen molar-refractivity contribution in [2.45, 2.75) is 6.92 Å². The Labute approximate surface area is 193 Å². The zero-order valence-electron chi connectivity index (χ0n) is 17.6. The molecule has 1 aliphatic heterocycles. The number of methoxy groups -OCH3 is 1. The van der Waals surface area contributed by atoms with Crippen LogP contribution in [0.1, 0.15) is 12.5 Å². The molecule has 1 saturated heterocycles. The first-order chi connectivity index (χ1) is 15.7. The molecule has 0 aliphatic carbocycles. The SMILES string of the molecule is CCOc1cc(/C=C2/C(=O)NC(=O)N(c3ccc(OC)cc3)C2=O)cc(Cl)c1OCC(=O)O. The van der Waals surface area contributed by atoms with Crippen LogP contribution in [0.3, 0.4) is 0 Å². The van der Waals surface area contributed by atoms with E-state index in [1.54, 1.807) is 19.1 Å². The van der Waals surface area contributed by atoms with Gasteiger partial charge < -0.3 is 19.3 Å². The molecule has 0 saturated carbocycles. The standard InChI is InChI=1S/C22H19ClN2O8/c1-3-32-17-10-12(9-16(23)19(17)33-11-18(26)27)8-15-20(28)24-22(30)25(21(15)29)13-4-6-14(31-2)7-5-13/h4-10H,3,11H2,1-2H3,(H,26,27)(H,24,28,30)/b15-8-. The van der Waals surface area contributed by atoms with Gasteiger partial charge in [-0.25, -0.2) is 14.5 Å². The lowest BCUT2D eigenvalue weighted by Gasteiger charge is -2.26. The van der Waals surface area contributed by atoms with Gasteiger partial charge in [-0.3, -0.25) is 14.9 Å². The molecule has 1 heterocycles. The number of hydrogen-bond acceptors (Lipinski definition) is 7. The van der Waals surface area contributed by atoms with Crippen LogP contribution in [0, 0.1) is 0 Å². The number of rotatable bonds is 8. The average molecular weight is 475 g/mol. The van der Waals surface area contributed by atoms with Gasteiger partial charge >= 0.3 is 12.0 Å². The summed E-state index contributed by atoms with van der Waals surface area (Å²) >= 11 is 6.23. The number of urea groups is 1. The van der Waals surface area contributed by atoms with E-state index in [4.69, 9.17) is 30.9 Å². The van der Waals surface area contributed by atoms with E-state index < -0.39 is 30.4 Å². The Morgan fingerprint density at radius 2 is 1.85 bits per heavy atom. The van der Waals surface area contributed by atoms with Crippen LogP contribution >= 0.6 is 11.6 Å². The Hall–Kier alpha value is -4.05. The van der Waals surface area contributed by atoms with Gasteiger partial charge in [-0.05, 0) is 55.0 Å². The molecular weight excluding hydrogens is 456 g/mol. The van der Waals surface area contributed by atoms with Gasteiger partial charge in [0.2, 0.25) is 0 Å². The van der Waals surface area contributed by atoms with Crippen molar-refractivity contribution in [2.75, 3.05) is 25.2 Å². The highest BCUT2D eigenvalue weighted by Crippen LogP contribution is 2.37. The summed E-state index contributed by atoms with van der Waals surface area (Å²) in [6.07, 6.45) is 1.25. The largest absolute Gasteiger partial charge is 0.497 e. The first kappa shape index (κ1) is 23.6. The van der Waals surface area contributed by atoms with Crippen LogP contribution in [0.15, 0.2) is 42.0 Å². The summed E-state index contributed by atoms with van der Waals surface area (Å²) in [6.45, 7) is 1.29. The Bertz CT molecular complexity index is 1140. The lowest BCUT2D eigenvalue weighted by atomic mass is 10.1. The highest BCUT2D eigenvalue weighted by molar-refractivity contribution is 6.39. The molecule has 1 fully saturated rings. The van der Waals surface area contributed by atoms with Crippen molar-refractivity contribution in [3.8, 4) is 17.2 Å². The number of barbiturate groups is 1. The molecule has 33 heavy (non-hydrogen) atoms. The molecule has 10 nitrogen and oxygen atoms in total. The molecule has 0 spiro atoms. The zero-order chi connectivity index (χ0) is 24.1. The number of hydrogen-bond donors (Lipinski definition) is 2. The second-order valence-electron chi connectivity index (χ2n) is 6.60. The smallest absolute Gasteiger partial charge is 0.341 e. The summed E-state index contributed by atoms with van der Waals surface area (Å²) in [4.78, 5) is 49.4. The third kappa shape index (κ3) is 5.24. The van der Waals surface area contributed by atoms with E-state index >= 15 is 0 Å². The van der Waals surface area contributed by atoms with E-state index in [0.717, 1.165) is 4.90 Å². The summed E-state index contributed by atoms with van der Waals surface area (Å²) in [6, 6.07) is 8.07. The molecule has 0 unspecified atom stereocenters. The number of halogens is 1. The fourth-order valence-corrected chi connectivity index (χ4v) is 3.27. The number of carboxylic acid groups (broad SMARTS) is 1. The summed E-state index contributed by atoms with van der Waals surface area (Å²) < 4.78 is 15.7. The molecule has 0 radical (unpaired) electrons. The number of nitrogens with zero attached hydrogens (tertiary/aromatic N) is 1. The van der Waals surface area contributed by atoms with Crippen LogP contribution < -0.4 is 24.4 Å². The van der Waals surface area contributed by atoms with Crippen LogP contribution in [0.2, 0.25) is 5.02 Å². The second kappa shape index (κ2) is 10.0. The maximum atomic E-state index is 13.0. The summed E-state index contributed by atoms with van der Waals surface area (Å²) in [7, 11) is 1.48. The van der Waals surface area contributed by atoms with Gasteiger partial charge in [0.05, 0.1) is 24.4 Å². The van der Waals surface area contributed by atoms with Crippen LogP contribution in [0.5, 0.6) is 17.2 Å². The molecular formula is C22H19ClN2O8. The van der Waals surface area contributed by atoms with Crippen molar-refractivity contribution in [2.24, 2.45) is 0 Å². The molecule has 1 aliphatic rings. The highest BCUT2D eigenvalue weighted by Gasteiger charge is 2.37. The molecule has 11 heteroatoms. The summed E-state index contributed by atoms with van der Waals surface area (Å²) in [5, 5.41) is 11.0. The van der Waals surface area contributed by atoms with E-state index in [-0.39, 0.29) is 34.4 Å². The minimum atomic E-state index is -1.20. The van der Waals surface area contributed by atoms with Crippen LogP contribution in [-0.4, -0.2) is 49.2 Å². The van der Waals surface area contributed by atoms with Gasteiger partial charge in [-0.2, -0.15) is 0 Å². The fourth-order valence-electron chi connectivity index (χ4n) is 3.00. The van der Waals surface area contributed by atoms with Gasteiger partial charge in [-0.1, -0.05) is 11.6 Å². The predicted octanol–water partition coefficient (Wildman–Crippen LogP) is 2.88. The molecule has 0 aromatic heterocycles. The Kier molecular flexibility index (Phi) is 7.19. The third-order valence-electron chi connectivity index (χ3n) is 4.41. The minimum Gasteiger partial charge on any atom is -0.497 e. The topological polar surface area (TPSA) is 131 Å². The molecule has 2 aromatic carbocycles. The molecule has 172 valence electrons. The predicted molar refractivity (Wildman–Crippen MR) is 118 cm³/mol. The number of amides is 4. The Balaban J connectivity index is 1.99. The number of carbonyl (C=O) groups excluding carboxylic acids is 3. The van der Waals surface area contributed by atoms with Crippen molar-refractivity contribution in [3.05, 3.63) is 52.6 Å². The Morgan fingerprint density at radius 1 is 1.15 bits per heavy atom. The van der Waals surface area contributed by atoms with E-state index in [2.05, 4.69) is 5.32 Å². The number of carbonyl (C=O) groups is 4. The zero-order valence-corrected chi connectivity index (χ0v) is 18.3. The number of nitrogens with one attached hydrogen (secondary N) is 1. The van der Waals surface area contributed by atoms with Gasteiger partial charge in [0.15, 0.2) is 18.1 Å². The van der Waals surface area contributed by atoms with E-state index in [1.807, 2.05) is 0 Å². The number of imide groups is 2. The van der Waals surface area contributed by atoms with Gasteiger partial charge in [0, 0.05) is 0 Å². The van der Waals surface area contributed by atoms with Gasteiger partial charge in [0.25, 0.3) is 11.8 Å². The molecule has 0 bridgehead atoms. The van der Waals surface area contributed by atoms with Crippen LogP contribution in [-0.2, 0) is 14.4 Å². The maximum absolute atomic E-state index is 13.0. The minimum absolute atomic E-state index is 0.0116. The monoisotopic (exact) mass is 474 g/mol. The summed E-state index contributed by atoms with van der Waals surface area (Å²) in [5.41, 5.74) is 0.221. The third-order valence-corrected chi connectivity index (χ3v) is 4.70. The number of anilines is 1. The van der Waals surface area contributed by atoms with Crippen molar-refractivity contribution >= 4 is 47.2 Å². The van der Waals surface area contributed by atoms with Crippen molar-refractivity contribution in [1.29, 1.82) is 0 Å². The van der Waals surface area contributed by atoms with Gasteiger partial charge in [0.1, 0.15) is 11.3 Å². The number of benzene rings is 2. The first-order valence-electron chi connectivity index (χ1n) is 9.61. The van der Waals surface area contributed by atoms with Crippen molar-refractivity contribution in [1.82, 2.24) is 5.32 Å². The maximum Gasteiger partial charge on any atom is 0.341 e. The van der Waals surface area contributed by atoms with E-state index in [9.17, 15) is 19.2 Å². The van der Waals surface area contributed by atoms with E-state index in [1.165, 1.54) is 37.5 Å². The number of carboxylic acids is 1. The van der Waals surface area contributed by atoms with Crippen molar-refractivity contribution in [3.63, 3.8) is 0 Å². The highest BCUT2D eigenvalue weighted by atomic mass is 35.5. The number of aliphatic carboxylic acids is 1.